The third kappa shape index (κ3) is 5.09. The van der Waals surface area contributed by atoms with Crippen LogP contribution in [0.25, 0.3) is 11.2 Å². The minimum Gasteiger partial charge on any atom is -0.290 e. The van der Waals surface area contributed by atoms with Crippen molar-refractivity contribution in [2.75, 3.05) is 0 Å². The van der Waals surface area contributed by atoms with E-state index >= 15 is 0 Å². The Hall–Kier alpha value is -2.45. The van der Waals surface area contributed by atoms with Gasteiger partial charge in [0.1, 0.15) is 0 Å². The molecule has 8 heteroatoms. The number of nitrogens with zero attached hydrogens (tertiary/aromatic N) is 3. The Morgan fingerprint density at radius 1 is 1.14 bits per heavy atom. The predicted molar refractivity (Wildman–Crippen MR) is 140 cm³/mol. The second-order valence-corrected chi connectivity index (χ2v) is 13.6. The number of pyridine rings is 1. The van der Waals surface area contributed by atoms with Gasteiger partial charge in [-0.05, 0) is 60.8 Å². The Bertz CT molecular complexity index is 1410. The number of benzene rings is 1. The molecule has 1 N–H and O–H groups in total. The van der Waals surface area contributed by atoms with Crippen molar-refractivity contribution in [1.82, 2.24) is 18.8 Å². The van der Waals surface area contributed by atoms with Gasteiger partial charge in [0.05, 0.1) is 10.4 Å². The van der Waals surface area contributed by atoms with Crippen LogP contribution in [0.4, 0.5) is 0 Å². The van der Waals surface area contributed by atoms with E-state index in [1.54, 1.807) is 28.3 Å². The van der Waals surface area contributed by atoms with Gasteiger partial charge in [0, 0.05) is 31.2 Å². The molecule has 1 aliphatic rings. The maximum absolute atomic E-state index is 13.3. The van der Waals surface area contributed by atoms with Gasteiger partial charge in [-0.3, -0.25) is 9.13 Å². The van der Waals surface area contributed by atoms with Crippen molar-refractivity contribution >= 4 is 21.2 Å². The summed E-state index contributed by atoms with van der Waals surface area (Å²) >= 11 is 0. The van der Waals surface area contributed by atoms with Gasteiger partial charge in [-0.25, -0.2) is 22.9 Å². The predicted octanol–water partition coefficient (Wildman–Crippen LogP) is 4.73. The molecule has 0 bridgehead atoms. The lowest BCUT2D eigenvalue weighted by molar-refractivity contribution is 0.170. The fourth-order valence-corrected chi connectivity index (χ4v) is 6.84. The highest BCUT2D eigenvalue weighted by atomic mass is 32.2. The first kappa shape index (κ1) is 25.6. The molecule has 2 unspecified atom stereocenters. The normalized spacial score (nSPS) is 20.9. The highest BCUT2D eigenvalue weighted by molar-refractivity contribution is 7.89. The molecule has 0 spiro atoms. The summed E-state index contributed by atoms with van der Waals surface area (Å²) in [5.74, 6) is 0.109. The minimum absolute atomic E-state index is 0.0345. The largest absolute Gasteiger partial charge is 0.330 e. The summed E-state index contributed by atoms with van der Waals surface area (Å²) in [6, 6.07) is 10.9. The van der Waals surface area contributed by atoms with E-state index in [9.17, 15) is 13.2 Å². The summed E-state index contributed by atoms with van der Waals surface area (Å²) in [7, 11) is -1.88. The second kappa shape index (κ2) is 8.89. The van der Waals surface area contributed by atoms with Crippen molar-refractivity contribution in [2.45, 2.75) is 84.2 Å². The number of sulfonamides is 1. The zero-order chi connectivity index (χ0) is 25.8. The molecule has 0 saturated heterocycles. The number of hydrogen-bond donors (Lipinski definition) is 1. The van der Waals surface area contributed by atoms with Crippen LogP contribution < -0.4 is 10.4 Å². The van der Waals surface area contributed by atoms with Gasteiger partial charge >= 0.3 is 5.69 Å². The second-order valence-electron chi connectivity index (χ2n) is 12.0. The average Bonchev–Trinajstić information content (AvgIpc) is 2.98. The smallest absolute Gasteiger partial charge is 0.290 e. The van der Waals surface area contributed by atoms with Crippen molar-refractivity contribution in [3.8, 4) is 0 Å². The van der Waals surface area contributed by atoms with Crippen molar-refractivity contribution in [1.29, 1.82) is 0 Å². The number of rotatable bonds is 5. The molecule has 0 aliphatic heterocycles. The molecule has 1 fully saturated rings. The van der Waals surface area contributed by atoms with Crippen LogP contribution >= 0.6 is 0 Å². The van der Waals surface area contributed by atoms with E-state index in [0.29, 0.717) is 23.5 Å². The molecule has 7 nitrogen and oxygen atoms in total. The van der Waals surface area contributed by atoms with Crippen LogP contribution in [0.2, 0.25) is 0 Å². The Morgan fingerprint density at radius 3 is 2.49 bits per heavy atom. The van der Waals surface area contributed by atoms with Crippen LogP contribution in [0.5, 0.6) is 0 Å². The van der Waals surface area contributed by atoms with E-state index in [4.69, 9.17) is 4.98 Å². The van der Waals surface area contributed by atoms with Crippen LogP contribution in [-0.2, 0) is 23.6 Å². The van der Waals surface area contributed by atoms with Gasteiger partial charge in [-0.15, -0.1) is 0 Å². The van der Waals surface area contributed by atoms with Crippen LogP contribution in [0.1, 0.15) is 71.1 Å². The van der Waals surface area contributed by atoms with E-state index in [2.05, 4.69) is 39.3 Å². The molecular weight excluding hydrogens is 460 g/mol. The van der Waals surface area contributed by atoms with Gasteiger partial charge < -0.3 is 0 Å². The van der Waals surface area contributed by atoms with Gasteiger partial charge in [-0.1, -0.05) is 52.8 Å². The molecule has 35 heavy (non-hydrogen) atoms. The molecule has 0 amide bonds. The summed E-state index contributed by atoms with van der Waals surface area (Å²) in [6.45, 7) is 13.0. The Balaban J connectivity index is 1.65. The van der Waals surface area contributed by atoms with E-state index in [1.165, 1.54) is 0 Å². The number of aromatic nitrogens is 3. The summed E-state index contributed by atoms with van der Waals surface area (Å²) < 4.78 is 33.0. The van der Waals surface area contributed by atoms with Crippen molar-refractivity contribution in [2.24, 2.45) is 17.9 Å². The molecule has 2 aromatic heterocycles. The third-order valence-corrected chi connectivity index (χ3v) is 8.97. The van der Waals surface area contributed by atoms with Crippen molar-refractivity contribution < 1.29 is 8.42 Å². The number of imidazole rings is 1. The van der Waals surface area contributed by atoms with Gasteiger partial charge in [0.2, 0.25) is 10.0 Å². The molecule has 1 aliphatic carbocycles. The van der Waals surface area contributed by atoms with Gasteiger partial charge in [-0.2, -0.15) is 0 Å². The Labute approximate surface area is 208 Å². The van der Waals surface area contributed by atoms with Crippen LogP contribution in [0.3, 0.4) is 0 Å². The highest BCUT2D eigenvalue weighted by Gasteiger charge is 2.40. The standard InChI is InChI=1S/C27H38N4O3S/c1-18-10-8-9-11-22(18)35(33,34)29-23-16-19(14-15-27(23,5)6)20-12-13-21-24(28-20)30(7)25(32)31(21)17-26(2,3)4/h8-13,19,23,29H,14-17H2,1-7H3. The Morgan fingerprint density at radius 2 is 1.83 bits per heavy atom. The molecule has 1 aromatic carbocycles. The molecule has 3 aromatic rings. The molecule has 4 rings (SSSR count). The average molecular weight is 499 g/mol. The first-order chi connectivity index (χ1) is 16.2. The van der Waals surface area contributed by atoms with Crippen LogP contribution in [0, 0.1) is 17.8 Å². The van der Waals surface area contributed by atoms with E-state index in [-0.39, 0.29) is 28.5 Å². The molecule has 1 saturated carbocycles. The molecule has 0 radical (unpaired) electrons. The van der Waals surface area contributed by atoms with Crippen molar-refractivity contribution in [3.05, 3.63) is 58.1 Å². The Kier molecular flexibility index (Phi) is 6.51. The third-order valence-electron chi connectivity index (χ3n) is 7.33. The highest BCUT2D eigenvalue weighted by Crippen LogP contribution is 2.43. The van der Waals surface area contributed by atoms with E-state index in [0.717, 1.165) is 29.6 Å². The maximum Gasteiger partial charge on any atom is 0.330 e. The van der Waals surface area contributed by atoms with Gasteiger partial charge in [0.15, 0.2) is 5.65 Å². The lowest BCUT2D eigenvalue weighted by Crippen LogP contribution is -2.48. The summed E-state index contributed by atoms with van der Waals surface area (Å²) in [4.78, 5) is 18.2. The maximum atomic E-state index is 13.3. The summed E-state index contributed by atoms with van der Waals surface area (Å²) in [6.07, 6.45) is 2.46. The number of hydrogen-bond acceptors (Lipinski definition) is 4. The molecule has 2 atom stereocenters. The van der Waals surface area contributed by atoms with E-state index < -0.39 is 10.0 Å². The molecular formula is C27H38N4O3S. The zero-order valence-electron chi connectivity index (χ0n) is 21.9. The SMILES string of the molecule is Cc1ccccc1S(=O)(=O)NC1CC(c2ccc3c(n2)n(C)c(=O)n3CC(C)(C)C)CCC1(C)C. The molecule has 2 heterocycles. The van der Waals surface area contributed by atoms with E-state index in [1.807, 2.05) is 31.2 Å². The number of nitrogens with one attached hydrogen (secondary N) is 1. The van der Waals surface area contributed by atoms with Crippen LogP contribution in [0.15, 0.2) is 46.1 Å². The summed E-state index contributed by atoms with van der Waals surface area (Å²) in [5.41, 5.74) is 2.89. The fraction of sp³-hybridized carbons (Fsp3) is 0.556. The minimum atomic E-state index is -3.65. The zero-order valence-corrected chi connectivity index (χ0v) is 22.7. The fourth-order valence-electron chi connectivity index (χ4n) is 5.17. The van der Waals surface area contributed by atoms with Gasteiger partial charge in [0.25, 0.3) is 0 Å². The topological polar surface area (TPSA) is 86.0 Å². The van der Waals surface area contributed by atoms with Crippen LogP contribution in [-0.4, -0.2) is 28.6 Å². The number of aryl methyl sites for hydroxylation is 2. The first-order valence-electron chi connectivity index (χ1n) is 12.3. The lowest BCUT2D eigenvalue weighted by Gasteiger charge is -2.42. The van der Waals surface area contributed by atoms with Crippen molar-refractivity contribution in [3.63, 3.8) is 0 Å². The monoisotopic (exact) mass is 498 g/mol. The first-order valence-corrected chi connectivity index (χ1v) is 13.8. The molecule has 190 valence electrons. The number of fused-ring (bicyclic) bond motifs is 1. The lowest BCUT2D eigenvalue weighted by atomic mass is 9.69. The quantitative estimate of drug-likeness (QED) is 0.551. The summed E-state index contributed by atoms with van der Waals surface area (Å²) in [5, 5.41) is 0.